The molecular weight excluding hydrogens is 292 g/mol. The second-order valence-electron chi connectivity index (χ2n) is 3.99. The minimum Gasteiger partial charge on any atom is -0.382 e. The van der Waals surface area contributed by atoms with Gasteiger partial charge in [0.05, 0.1) is 5.69 Å². The smallest absolute Gasteiger partial charge is 0.242 e. The Morgan fingerprint density at radius 3 is 2.71 bits per heavy atom. The van der Waals surface area contributed by atoms with Crippen molar-refractivity contribution in [1.82, 2.24) is 4.72 Å². The number of nitrogens with one attached hydrogen (secondary N) is 3. The highest BCUT2D eigenvalue weighted by Crippen LogP contribution is 2.20. The zero-order valence-corrected chi connectivity index (χ0v) is 12.2. The number of hydrazone groups is 1. The van der Waals surface area contributed by atoms with Crippen LogP contribution in [0.25, 0.3) is 0 Å². The standard InChI is InChI=1S/C12H16N6O2S/c1-2-7-16-21(19,20)11-6-4-3-5-9(11)17-18-10(8-13)12(14)15/h3-6,16-17H,2,7H2,1H3,(H3,14,15)/b18-10+. The minimum absolute atomic E-state index is 0.00282. The summed E-state index contributed by atoms with van der Waals surface area (Å²) < 4.78 is 26.7. The minimum atomic E-state index is -3.68. The monoisotopic (exact) mass is 308 g/mol. The van der Waals surface area contributed by atoms with Crippen LogP contribution in [0.3, 0.4) is 0 Å². The quantitative estimate of drug-likeness (QED) is 0.331. The van der Waals surface area contributed by atoms with E-state index in [4.69, 9.17) is 16.4 Å². The summed E-state index contributed by atoms with van der Waals surface area (Å²) in [4.78, 5) is 0.00282. The molecule has 0 amide bonds. The van der Waals surface area contributed by atoms with Crippen LogP contribution in [-0.2, 0) is 10.0 Å². The summed E-state index contributed by atoms with van der Waals surface area (Å²) in [5.74, 6) is -0.505. The number of anilines is 1. The van der Waals surface area contributed by atoms with Crippen LogP contribution in [0.1, 0.15) is 13.3 Å². The molecule has 112 valence electrons. The number of rotatable bonds is 7. The highest BCUT2D eigenvalue weighted by molar-refractivity contribution is 7.89. The molecule has 0 spiro atoms. The van der Waals surface area contributed by atoms with Crippen molar-refractivity contribution in [3.63, 3.8) is 0 Å². The van der Waals surface area contributed by atoms with Crippen LogP contribution in [0, 0.1) is 16.7 Å². The molecule has 21 heavy (non-hydrogen) atoms. The third kappa shape index (κ3) is 4.55. The van der Waals surface area contributed by atoms with Gasteiger partial charge in [-0.15, -0.1) is 0 Å². The zero-order chi connectivity index (χ0) is 15.9. The largest absolute Gasteiger partial charge is 0.382 e. The number of sulfonamides is 1. The van der Waals surface area contributed by atoms with Gasteiger partial charge in [-0.3, -0.25) is 10.8 Å². The molecule has 1 aromatic rings. The summed E-state index contributed by atoms with van der Waals surface area (Å²) in [6.45, 7) is 2.17. The lowest BCUT2D eigenvalue weighted by atomic mass is 10.3. The third-order valence-electron chi connectivity index (χ3n) is 2.37. The number of para-hydroxylation sites is 1. The molecule has 8 nitrogen and oxygen atoms in total. The molecule has 0 bridgehead atoms. The molecular formula is C12H16N6O2S. The van der Waals surface area contributed by atoms with E-state index in [2.05, 4.69) is 15.2 Å². The molecule has 0 heterocycles. The first-order chi connectivity index (χ1) is 9.92. The number of amidine groups is 1. The van der Waals surface area contributed by atoms with Gasteiger partial charge in [-0.05, 0) is 18.6 Å². The van der Waals surface area contributed by atoms with E-state index in [9.17, 15) is 8.42 Å². The van der Waals surface area contributed by atoms with Crippen molar-refractivity contribution in [2.45, 2.75) is 18.2 Å². The van der Waals surface area contributed by atoms with E-state index in [1.807, 2.05) is 6.92 Å². The summed E-state index contributed by atoms with van der Waals surface area (Å²) >= 11 is 0. The molecule has 1 rings (SSSR count). The van der Waals surface area contributed by atoms with Crippen molar-refractivity contribution in [3.8, 4) is 6.07 Å². The summed E-state index contributed by atoms with van der Waals surface area (Å²) in [5, 5.41) is 19.5. The van der Waals surface area contributed by atoms with Gasteiger partial charge >= 0.3 is 0 Å². The Morgan fingerprint density at radius 2 is 2.14 bits per heavy atom. The summed E-state index contributed by atoms with van der Waals surface area (Å²) in [6, 6.07) is 7.75. The normalized spacial score (nSPS) is 11.7. The predicted octanol–water partition coefficient (Wildman–Crippen LogP) is 0.602. The molecule has 5 N–H and O–H groups in total. The maximum absolute atomic E-state index is 12.1. The molecule has 0 aliphatic carbocycles. The Bertz CT molecular complexity index is 690. The number of hydrogen-bond donors (Lipinski definition) is 4. The van der Waals surface area contributed by atoms with Crippen LogP contribution in [0.5, 0.6) is 0 Å². The molecule has 0 saturated heterocycles. The van der Waals surface area contributed by atoms with Gasteiger partial charge in [0.25, 0.3) is 0 Å². The van der Waals surface area contributed by atoms with Gasteiger partial charge in [0.1, 0.15) is 11.0 Å². The number of nitrogens with zero attached hydrogens (tertiary/aromatic N) is 2. The van der Waals surface area contributed by atoms with E-state index in [0.29, 0.717) is 13.0 Å². The molecule has 0 radical (unpaired) electrons. The first-order valence-electron chi connectivity index (χ1n) is 6.09. The van der Waals surface area contributed by atoms with Gasteiger partial charge in [-0.1, -0.05) is 19.1 Å². The molecule has 9 heteroatoms. The van der Waals surface area contributed by atoms with Crippen molar-refractivity contribution in [1.29, 1.82) is 10.7 Å². The molecule has 0 unspecified atom stereocenters. The second-order valence-corrected chi connectivity index (χ2v) is 5.73. The summed E-state index contributed by atoms with van der Waals surface area (Å²) in [7, 11) is -3.68. The van der Waals surface area contributed by atoms with Gasteiger partial charge in [-0.25, -0.2) is 13.1 Å². The molecule has 0 saturated carbocycles. The lowest BCUT2D eigenvalue weighted by Gasteiger charge is -2.10. The van der Waals surface area contributed by atoms with Gasteiger partial charge in [-0.2, -0.15) is 10.4 Å². The molecule has 0 aliphatic heterocycles. The maximum atomic E-state index is 12.1. The van der Waals surface area contributed by atoms with Crippen molar-refractivity contribution in [2.24, 2.45) is 10.8 Å². The third-order valence-corrected chi connectivity index (χ3v) is 3.89. The number of hydrogen-bond acceptors (Lipinski definition) is 6. The summed E-state index contributed by atoms with van der Waals surface area (Å²) in [6.07, 6.45) is 0.663. The lowest BCUT2D eigenvalue weighted by Crippen LogP contribution is -2.25. The Kier molecular flexibility index (Phi) is 5.83. The molecule has 0 fully saturated rings. The van der Waals surface area contributed by atoms with Crippen molar-refractivity contribution in [3.05, 3.63) is 24.3 Å². The van der Waals surface area contributed by atoms with Crippen LogP contribution in [0.2, 0.25) is 0 Å². The van der Waals surface area contributed by atoms with E-state index in [1.54, 1.807) is 18.2 Å². The topological polar surface area (TPSA) is 144 Å². The van der Waals surface area contributed by atoms with Crippen LogP contribution < -0.4 is 15.9 Å². The second kappa shape index (κ2) is 7.37. The van der Waals surface area contributed by atoms with E-state index < -0.39 is 15.9 Å². The van der Waals surface area contributed by atoms with Crippen LogP contribution in [0.4, 0.5) is 5.69 Å². The highest BCUT2D eigenvalue weighted by atomic mass is 32.2. The van der Waals surface area contributed by atoms with E-state index in [-0.39, 0.29) is 16.3 Å². The highest BCUT2D eigenvalue weighted by Gasteiger charge is 2.17. The molecule has 0 atom stereocenters. The van der Waals surface area contributed by atoms with Gasteiger partial charge in [0.2, 0.25) is 15.7 Å². The van der Waals surface area contributed by atoms with Crippen molar-refractivity contribution in [2.75, 3.05) is 12.0 Å². The summed E-state index contributed by atoms with van der Waals surface area (Å²) in [5.41, 5.74) is 7.47. The molecule has 1 aromatic carbocycles. The Hall–Kier alpha value is -2.44. The first-order valence-corrected chi connectivity index (χ1v) is 7.57. The first kappa shape index (κ1) is 16.6. The fourth-order valence-electron chi connectivity index (χ4n) is 1.37. The number of nitrogens with two attached hydrogens (primary N) is 1. The fourth-order valence-corrected chi connectivity index (χ4v) is 2.66. The fraction of sp³-hybridized carbons (Fsp3) is 0.250. The average molecular weight is 308 g/mol. The van der Waals surface area contributed by atoms with Crippen molar-refractivity contribution < 1.29 is 8.42 Å². The van der Waals surface area contributed by atoms with Gasteiger partial charge < -0.3 is 5.73 Å². The van der Waals surface area contributed by atoms with Gasteiger partial charge in [0, 0.05) is 6.54 Å². The van der Waals surface area contributed by atoms with Crippen LogP contribution in [-0.4, -0.2) is 26.5 Å². The SMILES string of the molecule is CCCNS(=O)(=O)c1ccccc1N/N=C(\C#N)C(=N)N. The predicted molar refractivity (Wildman–Crippen MR) is 80.5 cm³/mol. The Labute approximate surface area is 123 Å². The number of benzene rings is 1. The average Bonchev–Trinajstić information content (AvgIpc) is 2.46. The number of nitriles is 1. The van der Waals surface area contributed by atoms with Crippen molar-refractivity contribution >= 4 is 27.3 Å². The zero-order valence-electron chi connectivity index (χ0n) is 11.4. The lowest BCUT2D eigenvalue weighted by molar-refractivity contribution is 0.581. The maximum Gasteiger partial charge on any atom is 0.242 e. The van der Waals surface area contributed by atoms with Crippen LogP contribution >= 0.6 is 0 Å². The van der Waals surface area contributed by atoms with Crippen LogP contribution in [0.15, 0.2) is 34.3 Å². The Morgan fingerprint density at radius 1 is 1.48 bits per heavy atom. The molecule has 0 aliphatic rings. The molecule has 0 aromatic heterocycles. The van der Waals surface area contributed by atoms with E-state index in [0.717, 1.165) is 0 Å². The van der Waals surface area contributed by atoms with Gasteiger partial charge in [0.15, 0.2) is 5.84 Å². The van der Waals surface area contributed by atoms with E-state index >= 15 is 0 Å². The Balaban J connectivity index is 3.12. The van der Waals surface area contributed by atoms with E-state index in [1.165, 1.54) is 12.1 Å².